The zero-order valence-corrected chi connectivity index (χ0v) is 9.82. The van der Waals surface area contributed by atoms with Crippen LogP contribution >= 0.6 is 7.60 Å². The van der Waals surface area contributed by atoms with Crippen LogP contribution in [0.2, 0.25) is 0 Å². The lowest BCUT2D eigenvalue weighted by atomic mass is 9.94. The van der Waals surface area contributed by atoms with Crippen LogP contribution in [0.1, 0.15) is 0 Å². The average Bonchev–Trinajstić information content (AvgIpc) is 2.32. The maximum Gasteiger partial charge on any atom is 0.325 e. The fourth-order valence-electron chi connectivity index (χ4n) is 1.55. The minimum absolute atomic E-state index is 0.134. The normalized spacial score (nSPS) is 40.3. The summed E-state index contributed by atoms with van der Waals surface area (Å²) in [6, 6.07) is -0.651. The summed E-state index contributed by atoms with van der Waals surface area (Å²) in [6.07, 6.45) is -3.09. The molecule has 0 saturated carbocycles. The van der Waals surface area contributed by atoms with E-state index in [1.807, 2.05) is 0 Å². The van der Waals surface area contributed by atoms with Crippen molar-refractivity contribution in [1.29, 1.82) is 0 Å². The fraction of sp³-hybridized carbons (Fsp3) is 1.00. The van der Waals surface area contributed by atoms with Crippen molar-refractivity contribution in [2.45, 2.75) is 24.4 Å². The van der Waals surface area contributed by atoms with E-state index in [4.69, 9.17) is 18.9 Å². The summed E-state index contributed by atoms with van der Waals surface area (Å²) < 4.78 is 39.4. The first-order chi connectivity index (χ1) is 6.85. The van der Waals surface area contributed by atoms with E-state index >= 15 is 0 Å². The van der Waals surface area contributed by atoms with E-state index < -0.39 is 32.0 Å². The maximum absolute atomic E-state index is 13.5. The smallest absolute Gasteiger partial charge is 0.325 e. The summed E-state index contributed by atoms with van der Waals surface area (Å²) in [5.41, 5.74) is 0. The predicted octanol–water partition coefficient (Wildman–Crippen LogP) is -0.471. The molecule has 1 aliphatic heterocycles. The lowest BCUT2D eigenvalue weighted by Gasteiger charge is -2.20. The largest absolute Gasteiger partial charge is 0.382 e. The standard InChI is InChI=1S/C7H15BFO5P/c1-12-3-4-6(14-15(2,10)11)5(9)7(8)13-4/h4-7H,3,8H2,1-2H3,(H,10,11)/t4-,5+,6?,7-/m1/s1. The molecule has 1 fully saturated rings. The zero-order valence-electron chi connectivity index (χ0n) is 8.92. The van der Waals surface area contributed by atoms with Crippen LogP contribution in [0, 0.1) is 0 Å². The van der Waals surface area contributed by atoms with Crippen molar-refractivity contribution in [3.63, 3.8) is 0 Å². The molecule has 0 amide bonds. The van der Waals surface area contributed by atoms with Crippen LogP contribution in [0.25, 0.3) is 0 Å². The summed E-state index contributed by atoms with van der Waals surface area (Å²) in [5, 5.41) is 0. The van der Waals surface area contributed by atoms with Crippen molar-refractivity contribution < 1.29 is 27.8 Å². The number of rotatable bonds is 4. The van der Waals surface area contributed by atoms with Crippen LogP contribution in [-0.2, 0) is 18.6 Å². The molecule has 0 aromatic carbocycles. The fourth-order valence-corrected chi connectivity index (χ4v) is 2.25. The first kappa shape index (κ1) is 13.1. The Bertz CT molecular complexity index is 260. The number of methoxy groups -OCH3 is 1. The highest BCUT2D eigenvalue weighted by atomic mass is 31.2. The van der Waals surface area contributed by atoms with Crippen LogP contribution in [0.3, 0.4) is 0 Å². The Morgan fingerprint density at radius 2 is 2.27 bits per heavy atom. The number of ether oxygens (including phenoxy) is 2. The van der Waals surface area contributed by atoms with Gasteiger partial charge in [0.05, 0.1) is 12.6 Å². The SMILES string of the molecule is B[C@@H]1O[C@H](COC)C(OP(C)(=O)O)[C@@H]1F. The van der Waals surface area contributed by atoms with Crippen molar-refractivity contribution in [3.05, 3.63) is 0 Å². The van der Waals surface area contributed by atoms with Crippen molar-refractivity contribution >= 4 is 15.4 Å². The molecule has 1 aliphatic rings. The van der Waals surface area contributed by atoms with E-state index in [1.54, 1.807) is 7.85 Å². The van der Waals surface area contributed by atoms with Gasteiger partial charge in [0, 0.05) is 13.8 Å². The quantitative estimate of drug-likeness (QED) is 0.531. The molecule has 8 heteroatoms. The monoisotopic (exact) mass is 240 g/mol. The van der Waals surface area contributed by atoms with E-state index in [2.05, 4.69) is 0 Å². The van der Waals surface area contributed by atoms with Gasteiger partial charge in [-0.3, -0.25) is 9.09 Å². The van der Waals surface area contributed by atoms with Gasteiger partial charge < -0.3 is 14.4 Å². The third kappa shape index (κ3) is 3.54. The second kappa shape index (κ2) is 4.93. The first-order valence-corrected chi connectivity index (χ1v) is 6.64. The summed E-state index contributed by atoms with van der Waals surface area (Å²) in [6.45, 7) is 1.15. The highest BCUT2D eigenvalue weighted by Crippen LogP contribution is 2.42. The van der Waals surface area contributed by atoms with Gasteiger partial charge in [-0.25, -0.2) is 4.39 Å². The third-order valence-corrected chi connectivity index (χ3v) is 2.80. The lowest BCUT2D eigenvalue weighted by Crippen LogP contribution is -2.33. The topological polar surface area (TPSA) is 65.0 Å². The van der Waals surface area contributed by atoms with Gasteiger partial charge in [-0.1, -0.05) is 0 Å². The molecule has 15 heavy (non-hydrogen) atoms. The molecule has 1 N–H and O–H groups in total. The van der Waals surface area contributed by atoms with Gasteiger partial charge in [-0.2, -0.15) is 0 Å². The molecule has 0 aromatic heterocycles. The molecule has 88 valence electrons. The maximum atomic E-state index is 13.5. The molecule has 5 atom stereocenters. The van der Waals surface area contributed by atoms with E-state index in [-0.39, 0.29) is 6.61 Å². The Labute approximate surface area is 88.8 Å². The van der Waals surface area contributed by atoms with Gasteiger partial charge in [0.1, 0.15) is 26.2 Å². The van der Waals surface area contributed by atoms with Gasteiger partial charge >= 0.3 is 7.60 Å². The second-order valence-corrected chi connectivity index (χ2v) is 5.47. The summed E-state index contributed by atoms with van der Waals surface area (Å²) in [5.74, 6) is 0. The Kier molecular flexibility index (Phi) is 4.32. The van der Waals surface area contributed by atoms with Crippen LogP contribution < -0.4 is 0 Å². The average molecular weight is 240 g/mol. The Morgan fingerprint density at radius 3 is 2.73 bits per heavy atom. The Hall–Kier alpha value is 0.0649. The summed E-state index contributed by atoms with van der Waals surface area (Å²) >= 11 is 0. The Balaban J connectivity index is 2.68. The number of alkyl halides is 1. The molecule has 2 unspecified atom stereocenters. The molecule has 1 heterocycles. The first-order valence-electron chi connectivity index (χ1n) is 4.62. The molecule has 5 nitrogen and oxygen atoms in total. The second-order valence-electron chi connectivity index (χ2n) is 3.65. The van der Waals surface area contributed by atoms with Gasteiger partial charge in [0.2, 0.25) is 0 Å². The van der Waals surface area contributed by atoms with Crippen molar-refractivity contribution in [1.82, 2.24) is 0 Å². The molecular weight excluding hydrogens is 225 g/mol. The summed E-state index contributed by atoms with van der Waals surface area (Å²) in [4.78, 5) is 9.04. The molecule has 1 rings (SSSR count). The molecule has 0 radical (unpaired) electrons. The minimum atomic E-state index is -3.72. The molecule has 0 spiro atoms. The van der Waals surface area contributed by atoms with Crippen molar-refractivity contribution in [3.8, 4) is 0 Å². The molecule has 0 aromatic rings. The Morgan fingerprint density at radius 1 is 1.67 bits per heavy atom. The van der Waals surface area contributed by atoms with Gasteiger partial charge in [-0.05, 0) is 0 Å². The molecule has 1 saturated heterocycles. The van der Waals surface area contributed by atoms with Crippen molar-refractivity contribution in [2.75, 3.05) is 20.4 Å². The zero-order chi connectivity index (χ0) is 11.6. The summed E-state index contributed by atoms with van der Waals surface area (Å²) in [7, 11) is -0.720. The highest BCUT2D eigenvalue weighted by molar-refractivity contribution is 7.51. The van der Waals surface area contributed by atoms with E-state index in [0.29, 0.717) is 0 Å². The predicted molar refractivity (Wildman–Crippen MR) is 54.6 cm³/mol. The number of hydrogen-bond donors (Lipinski definition) is 1. The van der Waals surface area contributed by atoms with Crippen LogP contribution in [0.4, 0.5) is 4.39 Å². The molecular formula is C7H15BFO5P. The highest BCUT2D eigenvalue weighted by Gasteiger charge is 2.45. The van der Waals surface area contributed by atoms with E-state index in [0.717, 1.165) is 6.66 Å². The van der Waals surface area contributed by atoms with Crippen LogP contribution in [0.5, 0.6) is 0 Å². The number of halogens is 1. The molecule has 0 aliphatic carbocycles. The third-order valence-electron chi connectivity index (χ3n) is 2.17. The number of hydrogen-bond acceptors (Lipinski definition) is 4. The van der Waals surface area contributed by atoms with Crippen molar-refractivity contribution in [2.24, 2.45) is 0 Å². The minimum Gasteiger partial charge on any atom is -0.382 e. The van der Waals surface area contributed by atoms with E-state index in [1.165, 1.54) is 7.11 Å². The van der Waals surface area contributed by atoms with E-state index in [9.17, 15) is 8.96 Å². The molecule has 0 bridgehead atoms. The lowest BCUT2D eigenvalue weighted by molar-refractivity contribution is -0.0131. The van der Waals surface area contributed by atoms with Gasteiger partial charge in [0.15, 0.2) is 0 Å². The van der Waals surface area contributed by atoms with Gasteiger partial charge in [0.25, 0.3) is 0 Å². The van der Waals surface area contributed by atoms with Gasteiger partial charge in [-0.15, -0.1) is 0 Å². The van der Waals surface area contributed by atoms with Crippen LogP contribution in [0.15, 0.2) is 0 Å². The van der Waals surface area contributed by atoms with Crippen LogP contribution in [-0.4, -0.2) is 57.5 Å².